The van der Waals surface area contributed by atoms with Gasteiger partial charge >= 0.3 is 6.01 Å². The summed E-state index contributed by atoms with van der Waals surface area (Å²) in [5, 5.41) is 3.15. The van der Waals surface area contributed by atoms with Gasteiger partial charge in [0.25, 0.3) is 0 Å². The average Bonchev–Trinajstić information content (AvgIpc) is 2.95. The second-order valence-corrected chi connectivity index (χ2v) is 5.57. The summed E-state index contributed by atoms with van der Waals surface area (Å²) in [6, 6.07) is 0.997. The molecule has 0 aromatic carbocycles. The van der Waals surface area contributed by atoms with E-state index < -0.39 is 0 Å². The van der Waals surface area contributed by atoms with Crippen LogP contribution in [0.3, 0.4) is 0 Å². The van der Waals surface area contributed by atoms with Gasteiger partial charge in [0.2, 0.25) is 11.9 Å². The fraction of sp³-hybridized carbons (Fsp3) is 0.786. The van der Waals surface area contributed by atoms with Gasteiger partial charge in [-0.05, 0) is 38.5 Å². The summed E-state index contributed by atoms with van der Waals surface area (Å²) >= 11 is 0. The van der Waals surface area contributed by atoms with Gasteiger partial charge in [-0.3, -0.25) is 0 Å². The van der Waals surface area contributed by atoms with E-state index in [4.69, 9.17) is 4.74 Å². The first kappa shape index (κ1) is 13.4. The number of aromatic nitrogens is 3. The molecule has 1 aromatic rings. The summed E-state index contributed by atoms with van der Waals surface area (Å²) in [6.45, 7) is 3.86. The van der Waals surface area contributed by atoms with Gasteiger partial charge in [-0.1, -0.05) is 6.42 Å². The number of anilines is 2. The molecule has 20 heavy (non-hydrogen) atoms. The number of piperidine rings is 1. The number of rotatable bonds is 4. The van der Waals surface area contributed by atoms with E-state index in [1.54, 1.807) is 7.11 Å². The molecule has 2 fully saturated rings. The van der Waals surface area contributed by atoms with Crippen LogP contribution in [0.1, 0.15) is 39.0 Å². The molecule has 2 unspecified atom stereocenters. The molecular formula is C14H23N5O. The largest absolute Gasteiger partial charge is 0.467 e. The third kappa shape index (κ3) is 2.51. The lowest BCUT2D eigenvalue weighted by Gasteiger charge is -2.37. The van der Waals surface area contributed by atoms with Crippen LogP contribution in [0.15, 0.2) is 0 Å². The van der Waals surface area contributed by atoms with Crippen LogP contribution in [0.2, 0.25) is 0 Å². The van der Waals surface area contributed by atoms with Gasteiger partial charge in [-0.2, -0.15) is 15.0 Å². The summed E-state index contributed by atoms with van der Waals surface area (Å²) in [5.74, 6) is 2.19. The van der Waals surface area contributed by atoms with E-state index in [2.05, 4.69) is 25.2 Å². The molecule has 1 aliphatic heterocycles. The maximum Gasteiger partial charge on any atom is 0.322 e. The van der Waals surface area contributed by atoms with E-state index in [1.165, 1.54) is 32.1 Å². The Bertz CT molecular complexity index is 467. The van der Waals surface area contributed by atoms with Gasteiger partial charge in [-0.15, -0.1) is 0 Å². The van der Waals surface area contributed by atoms with Crippen molar-refractivity contribution in [3.05, 3.63) is 0 Å². The van der Waals surface area contributed by atoms with Crippen molar-refractivity contribution in [2.75, 3.05) is 30.4 Å². The zero-order valence-electron chi connectivity index (χ0n) is 12.3. The molecule has 1 aromatic heterocycles. The number of fused-ring (bicyclic) bond motifs is 1. The second kappa shape index (κ2) is 5.81. The summed E-state index contributed by atoms with van der Waals surface area (Å²) in [7, 11) is 1.60. The zero-order valence-corrected chi connectivity index (χ0v) is 12.3. The van der Waals surface area contributed by atoms with Gasteiger partial charge in [-0.25, -0.2) is 0 Å². The fourth-order valence-electron chi connectivity index (χ4n) is 3.51. The van der Waals surface area contributed by atoms with Crippen molar-refractivity contribution < 1.29 is 4.74 Å². The molecule has 1 N–H and O–H groups in total. The molecular weight excluding hydrogens is 254 g/mol. The van der Waals surface area contributed by atoms with Crippen molar-refractivity contribution in [3.8, 4) is 6.01 Å². The summed E-state index contributed by atoms with van der Waals surface area (Å²) < 4.78 is 5.22. The predicted octanol–water partition coefficient (Wildman–Crippen LogP) is 2.08. The lowest BCUT2D eigenvalue weighted by molar-refractivity contribution is 0.351. The first-order valence-corrected chi connectivity index (χ1v) is 7.62. The number of ether oxygens (including phenoxy) is 1. The molecule has 6 nitrogen and oxygen atoms in total. The van der Waals surface area contributed by atoms with Crippen LogP contribution in [0.5, 0.6) is 6.01 Å². The summed E-state index contributed by atoms with van der Waals surface area (Å²) in [5.41, 5.74) is 0. The van der Waals surface area contributed by atoms with Crippen molar-refractivity contribution in [2.45, 2.75) is 45.1 Å². The van der Waals surface area contributed by atoms with E-state index in [0.717, 1.165) is 25.0 Å². The highest BCUT2D eigenvalue weighted by Crippen LogP contribution is 2.38. The minimum Gasteiger partial charge on any atom is -0.467 e. The lowest BCUT2D eigenvalue weighted by Crippen LogP contribution is -2.43. The number of hydrogen-bond acceptors (Lipinski definition) is 6. The Morgan fingerprint density at radius 2 is 2.05 bits per heavy atom. The summed E-state index contributed by atoms with van der Waals surface area (Å²) in [6.07, 6.45) is 6.52. The Labute approximate surface area is 120 Å². The van der Waals surface area contributed by atoms with Crippen molar-refractivity contribution in [1.82, 2.24) is 15.0 Å². The van der Waals surface area contributed by atoms with Crippen molar-refractivity contribution in [1.29, 1.82) is 0 Å². The smallest absolute Gasteiger partial charge is 0.322 e. The molecule has 0 spiro atoms. The highest BCUT2D eigenvalue weighted by molar-refractivity contribution is 5.40. The molecule has 110 valence electrons. The maximum absolute atomic E-state index is 5.22. The number of nitrogens with one attached hydrogen (secondary N) is 1. The van der Waals surface area contributed by atoms with Crippen LogP contribution in [0, 0.1) is 5.92 Å². The second-order valence-electron chi connectivity index (χ2n) is 5.57. The molecule has 0 bridgehead atoms. The Morgan fingerprint density at radius 1 is 1.20 bits per heavy atom. The van der Waals surface area contributed by atoms with Crippen molar-refractivity contribution in [3.63, 3.8) is 0 Å². The van der Waals surface area contributed by atoms with Crippen molar-refractivity contribution in [2.24, 2.45) is 5.92 Å². The van der Waals surface area contributed by atoms with Crippen LogP contribution in [0.25, 0.3) is 0 Å². The van der Waals surface area contributed by atoms with Crippen LogP contribution >= 0.6 is 0 Å². The minimum atomic E-state index is 0.395. The number of hydrogen-bond donors (Lipinski definition) is 1. The molecule has 6 heteroatoms. The first-order valence-electron chi connectivity index (χ1n) is 7.62. The normalized spacial score (nSPS) is 25.4. The monoisotopic (exact) mass is 277 g/mol. The molecule has 2 aliphatic rings. The van der Waals surface area contributed by atoms with Crippen LogP contribution in [-0.2, 0) is 0 Å². The SMILES string of the molecule is CCNc1nc(OC)nc(N2CCCC3CCCC32)n1. The third-order valence-electron chi connectivity index (χ3n) is 4.37. The fourth-order valence-corrected chi connectivity index (χ4v) is 3.51. The molecule has 1 saturated heterocycles. The third-order valence-corrected chi connectivity index (χ3v) is 4.37. The quantitative estimate of drug-likeness (QED) is 0.909. The van der Waals surface area contributed by atoms with E-state index in [0.29, 0.717) is 18.0 Å². The number of nitrogens with zero attached hydrogens (tertiary/aromatic N) is 4. The van der Waals surface area contributed by atoms with E-state index in [-0.39, 0.29) is 0 Å². The van der Waals surface area contributed by atoms with Gasteiger partial charge in [0.1, 0.15) is 0 Å². The predicted molar refractivity (Wildman–Crippen MR) is 78.3 cm³/mol. The Kier molecular flexibility index (Phi) is 3.89. The summed E-state index contributed by atoms with van der Waals surface area (Å²) in [4.78, 5) is 15.6. The molecule has 2 heterocycles. The average molecular weight is 277 g/mol. The highest BCUT2D eigenvalue weighted by Gasteiger charge is 2.36. The van der Waals surface area contributed by atoms with E-state index >= 15 is 0 Å². The lowest BCUT2D eigenvalue weighted by atomic mass is 9.92. The topological polar surface area (TPSA) is 63.2 Å². The van der Waals surface area contributed by atoms with Crippen LogP contribution < -0.4 is 15.0 Å². The van der Waals surface area contributed by atoms with Crippen LogP contribution in [-0.4, -0.2) is 41.2 Å². The molecule has 2 atom stereocenters. The molecule has 0 amide bonds. The molecule has 1 aliphatic carbocycles. The Hall–Kier alpha value is -1.59. The minimum absolute atomic E-state index is 0.395. The van der Waals surface area contributed by atoms with Gasteiger partial charge in [0.15, 0.2) is 0 Å². The standard InChI is InChI=1S/C14H23N5O/c1-3-15-12-16-13(18-14(17-12)20-2)19-9-5-7-10-6-4-8-11(10)19/h10-11H,3-9H2,1-2H3,(H,15,16,17,18). The Morgan fingerprint density at radius 3 is 2.85 bits per heavy atom. The molecule has 0 radical (unpaired) electrons. The van der Waals surface area contributed by atoms with Gasteiger partial charge in [0.05, 0.1) is 7.11 Å². The molecule has 1 saturated carbocycles. The van der Waals surface area contributed by atoms with Gasteiger partial charge < -0.3 is 15.0 Å². The van der Waals surface area contributed by atoms with E-state index in [1.807, 2.05) is 6.92 Å². The highest BCUT2D eigenvalue weighted by atomic mass is 16.5. The Balaban J connectivity index is 1.89. The van der Waals surface area contributed by atoms with Gasteiger partial charge in [0, 0.05) is 19.1 Å². The zero-order chi connectivity index (χ0) is 13.9. The first-order chi connectivity index (χ1) is 9.81. The van der Waals surface area contributed by atoms with Crippen molar-refractivity contribution >= 4 is 11.9 Å². The number of methoxy groups -OCH3 is 1. The van der Waals surface area contributed by atoms with Crippen LogP contribution in [0.4, 0.5) is 11.9 Å². The van der Waals surface area contributed by atoms with E-state index in [9.17, 15) is 0 Å². The molecule has 3 rings (SSSR count). The maximum atomic E-state index is 5.22.